The van der Waals surface area contributed by atoms with E-state index in [0.29, 0.717) is 33.2 Å². The van der Waals surface area contributed by atoms with Gasteiger partial charge in [-0.2, -0.15) is 0 Å². The highest BCUT2D eigenvalue weighted by molar-refractivity contribution is 9.10. The summed E-state index contributed by atoms with van der Waals surface area (Å²) in [6.45, 7) is 2.39. The van der Waals surface area contributed by atoms with E-state index in [-0.39, 0.29) is 6.61 Å². The van der Waals surface area contributed by atoms with Gasteiger partial charge in [0, 0.05) is 9.50 Å². The molecule has 0 aliphatic rings. The van der Waals surface area contributed by atoms with E-state index < -0.39 is 11.8 Å². The Morgan fingerprint density at radius 1 is 0.967 bits per heavy atom. The van der Waals surface area contributed by atoms with E-state index in [1.54, 1.807) is 36.4 Å². The molecular weight excluding hydrogens is 540 g/mol. The predicted octanol–water partition coefficient (Wildman–Crippen LogP) is 5.66. The Kier molecular flexibility index (Phi) is 10.5. The largest absolute Gasteiger partial charge is 0.493 e. The highest BCUT2D eigenvalue weighted by Gasteiger charge is 2.15. The first-order valence-electron chi connectivity index (χ1n) is 9.50. The number of rotatable bonds is 10. The molecule has 0 aromatic heterocycles. The molecule has 2 aromatic carbocycles. The normalized spacial score (nSPS) is 10.4. The molecule has 0 heterocycles. The Hall–Kier alpha value is -1.77. The second kappa shape index (κ2) is 12.8. The fourth-order valence-corrected chi connectivity index (χ4v) is 3.64. The Balaban J connectivity index is 1.87. The molecule has 0 saturated carbocycles. The Labute approximate surface area is 197 Å². The second-order valence-corrected chi connectivity index (χ2v) is 8.62. The Bertz CT molecular complexity index is 880. The number of carbonyl (C=O) groups excluding carboxylic acids is 2. The van der Waals surface area contributed by atoms with Crippen LogP contribution in [0.1, 0.15) is 43.0 Å². The van der Waals surface area contributed by atoms with Crippen LogP contribution in [0.5, 0.6) is 11.5 Å². The number of unbranched alkanes of at least 4 members (excludes halogenated alkanes) is 3. The van der Waals surface area contributed by atoms with E-state index >= 15 is 0 Å². The molecule has 0 spiro atoms. The van der Waals surface area contributed by atoms with Crippen molar-refractivity contribution in [3.8, 4) is 11.5 Å². The van der Waals surface area contributed by atoms with Crippen molar-refractivity contribution in [3.63, 3.8) is 0 Å². The van der Waals surface area contributed by atoms with Crippen molar-refractivity contribution >= 4 is 55.3 Å². The van der Waals surface area contributed by atoms with Gasteiger partial charge in [-0.25, -0.2) is 0 Å². The smallest absolute Gasteiger partial charge is 0.276 e. The zero-order valence-corrected chi connectivity index (χ0v) is 20.4. The van der Waals surface area contributed by atoms with Crippen molar-refractivity contribution < 1.29 is 19.1 Å². The lowest BCUT2D eigenvalue weighted by molar-refractivity contribution is -0.123. The second-order valence-electron chi connectivity index (χ2n) is 6.42. The molecule has 2 N–H and O–H groups in total. The van der Waals surface area contributed by atoms with Crippen molar-refractivity contribution in [3.05, 3.63) is 55.9 Å². The number of hydrazine groups is 1. The number of halogens is 3. The number of hydrogen-bond donors (Lipinski definition) is 2. The van der Waals surface area contributed by atoms with Crippen molar-refractivity contribution in [2.45, 2.75) is 32.6 Å². The summed E-state index contributed by atoms with van der Waals surface area (Å²) in [6, 6.07) is 10.1. The van der Waals surface area contributed by atoms with Crippen LogP contribution >= 0.6 is 43.5 Å². The van der Waals surface area contributed by atoms with E-state index in [1.807, 2.05) is 0 Å². The maximum atomic E-state index is 12.5. The highest BCUT2D eigenvalue weighted by Crippen LogP contribution is 2.28. The zero-order chi connectivity index (χ0) is 21.9. The van der Waals surface area contributed by atoms with Gasteiger partial charge in [0.05, 0.1) is 16.6 Å². The molecule has 0 aliphatic heterocycles. The van der Waals surface area contributed by atoms with Crippen LogP contribution in [0.3, 0.4) is 0 Å². The Morgan fingerprint density at radius 2 is 1.73 bits per heavy atom. The summed E-state index contributed by atoms with van der Waals surface area (Å²) in [5, 5.41) is 0.545. The lowest BCUT2D eigenvalue weighted by Crippen LogP contribution is -2.44. The van der Waals surface area contributed by atoms with Gasteiger partial charge in [0.25, 0.3) is 11.8 Å². The molecule has 0 bridgehead atoms. The molecule has 162 valence electrons. The van der Waals surface area contributed by atoms with Crippen LogP contribution < -0.4 is 20.3 Å². The molecule has 0 radical (unpaired) electrons. The number of carbonyl (C=O) groups is 2. The predicted molar refractivity (Wildman–Crippen MR) is 124 cm³/mol. The van der Waals surface area contributed by atoms with Crippen LogP contribution in [0, 0.1) is 0 Å². The van der Waals surface area contributed by atoms with Gasteiger partial charge in [-0.15, -0.1) is 0 Å². The molecule has 0 aliphatic carbocycles. The maximum absolute atomic E-state index is 12.5. The van der Waals surface area contributed by atoms with Crippen LogP contribution in [0.4, 0.5) is 0 Å². The van der Waals surface area contributed by atoms with Gasteiger partial charge in [0.15, 0.2) is 6.61 Å². The number of amides is 2. The van der Waals surface area contributed by atoms with Gasteiger partial charge in [0.1, 0.15) is 11.5 Å². The standard InChI is InChI=1S/C21H23Br2ClN2O4/c1-2-3-4-5-10-29-18-8-6-14(22)11-16(18)21(28)26-25-20(27)13-30-19-9-7-15(24)12-17(19)23/h6-9,11-12H,2-5,10,13H2,1H3,(H,25,27)(H,26,28). The van der Waals surface area contributed by atoms with Crippen molar-refractivity contribution in [2.24, 2.45) is 0 Å². The van der Waals surface area contributed by atoms with E-state index in [1.165, 1.54) is 0 Å². The first-order valence-corrected chi connectivity index (χ1v) is 11.5. The summed E-state index contributed by atoms with van der Waals surface area (Å²) in [7, 11) is 0. The number of hydrogen-bond acceptors (Lipinski definition) is 4. The monoisotopic (exact) mass is 560 g/mol. The van der Waals surface area contributed by atoms with Crippen molar-refractivity contribution in [1.82, 2.24) is 10.9 Å². The topological polar surface area (TPSA) is 76.7 Å². The summed E-state index contributed by atoms with van der Waals surface area (Å²) in [4.78, 5) is 24.6. The average Bonchev–Trinajstić information content (AvgIpc) is 2.72. The van der Waals surface area contributed by atoms with Crippen LogP contribution in [-0.4, -0.2) is 25.0 Å². The van der Waals surface area contributed by atoms with Gasteiger partial charge in [-0.1, -0.05) is 53.7 Å². The van der Waals surface area contributed by atoms with Crippen LogP contribution in [0.15, 0.2) is 45.3 Å². The minimum Gasteiger partial charge on any atom is -0.493 e. The molecule has 0 atom stereocenters. The molecule has 0 fully saturated rings. The molecule has 0 saturated heterocycles. The number of nitrogens with one attached hydrogen (secondary N) is 2. The number of benzene rings is 2. The molecule has 9 heteroatoms. The van der Waals surface area contributed by atoms with Crippen molar-refractivity contribution in [2.75, 3.05) is 13.2 Å². The third-order valence-corrected chi connectivity index (χ3v) is 5.36. The lowest BCUT2D eigenvalue weighted by Gasteiger charge is -2.13. The molecule has 2 amide bonds. The molecule has 2 aromatic rings. The van der Waals surface area contributed by atoms with Crippen molar-refractivity contribution in [1.29, 1.82) is 0 Å². The summed E-state index contributed by atoms with van der Waals surface area (Å²) in [6.07, 6.45) is 4.29. The van der Waals surface area contributed by atoms with Crippen LogP contribution in [-0.2, 0) is 4.79 Å². The summed E-state index contributed by atoms with van der Waals surface area (Å²) < 4.78 is 12.5. The molecule has 30 heavy (non-hydrogen) atoms. The average molecular weight is 563 g/mol. The Morgan fingerprint density at radius 3 is 2.47 bits per heavy atom. The van der Waals surface area contributed by atoms with Crippen LogP contribution in [0.2, 0.25) is 5.02 Å². The minimum absolute atomic E-state index is 0.278. The maximum Gasteiger partial charge on any atom is 0.276 e. The molecule has 6 nitrogen and oxygen atoms in total. The fourth-order valence-electron chi connectivity index (χ4n) is 2.48. The third-order valence-electron chi connectivity index (χ3n) is 4.01. The van der Waals surface area contributed by atoms with E-state index in [2.05, 4.69) is 49.6 Å². The van der Waals surface area contributed by atoms with Gasteiger partial charge in [-0.3, -0.25) is 20.4 Å². The molecular formula is C21H23Br2ClN2O4. The van der Waals surface area contributed by atoms with Gasteiger partial charge in [-0.05, 0) is 58.7 Å². The minimum atomic E-state index is -0.512. The zero-order valence-electron chi connectivity index (χ0n) is 16.5. The SMILES string of the molecule is CCCCCCOc1ccc(Br)cc1C(=O)NNC(=O)COc1ccc(Cl)cc1Br. The van der Waals surface area contributed by atoms with E-state index in [0.717, 1.165) is 30.2 Å². The van der Waals surface area contributed by atoms with Gasteiger partial charge < -0.3 is 9.47 Å². The lowest BCUT2D eigenvalue weighted by atomic mass is 10.2. The highest BCUT2D eigenvalue weighted by atomic mass is 79.9. The summed E-state index contributed by atoms with van der Waals surface area (Å²) in [5.74, 6) is -0.0717. The fraction of sp³-hybridized carbons (Fsp3) is 0.333. The van der Waals surface area contributed by atoms with E-state index in [9.17, 15) is 9.59 Å². The summed E-state index contributed by atoms with van der Waals surface area (Å²) in [5.41, 5.74) is 5.04. The van der Waals surface area contributed by atoms with Gasteiger partial charge in [0.2, 0.25) is 0 Å². The molecule has 2 rings (SSSR count). The third kappa shape index (κ3) is 8.16. The summed E-state index contributed by atoms with van der Waals surface area (Å²) >= 11 is 12.5. The van der Waals surface area contributed by atoms with Crippen LogP contribution in [0.25, 0.3) is 0 Å². The first-order chi connectivity index (χ1) is 14.4. The van der Waals surface area contributed by atoms with Gasteiger partial charge >= 0.3 is 0 Å². The molecule has 0 unspecified atom stereocenters. The quantitative estimate of drug-likeness (QED) is 0.289. The van der Waals surface area contributed by atoms with E-state index in [4.69, 9.17) is 21.1 Å². The first kappa shape index (κ1) is 24.5. The number of ether oxygens (including phenoxy) is 2.